The summed E-state index contributed by atoms with van der Waals surface area (Å²) in [6, 6.07) is 11.5. The van der Waals surface area contributed by atoms with E-state index in [2.05, 4.69) is 6.07 Å². The van der Waals surface area contributed by atoms with Gasteiger partial charge in [0.05, 0.1) is 6.26 Å². The molecule has 0 amide bonds. The normalized spacial score (nSPS) is 20.4. The lowest BCUT2D eigenvalue weighted by Crippen LogP contribution is -2.35. The van der Waals surface area contributed by atoms with E-state index in [1.807, 2.05) is 30.3 Å². The van der Waals surface area contributed by atoms with Crippen molar-refractivity contribution in [1.82, 2.24) is 0 Å². The summed E-state index contributed by atoms with van der Waals surface area (Å²) < 4.78 is 11.2. The molecule has 1 aliphatic rings. The average Bonchev–Trinajstić information content (AvgIpc) is 2.91. The largest absolute Gasteiger partial charge is 0.486 e. The topological polar surface area (TPSA) is 48.4 Å². The fourth-order valence-electron chi connectivity index (χ4n) is 1.88. The first-order valence-corrected chi connectivity index (χ1v) is 6.50. The van der Waals surface area contributed by atoms with Crippen LogP contribution in [0.1, 0.15) is 11.8 Å². The van der Waals surface area contributed by atoms with Crippen molar-refractivity contribution in [2.45, 2.75) is 17.0 Å². The van der Waals surface area contributed by atoms with Crippen LogP contribution in [0.3, 0.4) is 0 Å². The minimum Gasteiger partial charge on any atom is -0.486 e. The smallest absolute Gasteiger partial charge is 0.133 e. The van der Waals surface area contributed by atoms with Gasteiger partial charge in [-0.1, -0.05) is 12.1 Å². The molecule has 4 heteroatoms. The zero-order valence-electron chi connectivity index (χ0n) is 9.21. The van der Waals surface area contributed by atoms with Crippen molar-refractivity contribution in [3.8, 4) is 5.75 Å². The Morgan fingerprint density at radius 3 is 2.94 bits per heavy atom. The Labute approximate surface area is 104 Å². The van der Waals surface area contributed by atoms with Crippen LogP contribution in [0.2, 0.25) is 0 Å². The van der Waals surface area contributed by atoms with E-state index in [0.29, 0.717) is 0 Å². The van der Waals surface area contributed by atoms with Crippen LogP contribution < -0.4 is 10.5 Å². The molecule has 17 heavy (non-hydrogen) atoms. The summed E-state index contributed by atoms with van der Waals surface area (Å²) >= 11 is 1.78. The van der Waals surface area contributed by atoms with Crippen LogP contribution in [0, 0.1) is 0 Å². The molecule has 0 radical (unpaired) electrons. The fourth-order valence-corrected chi connectivity index (χ4v) is 2.93. The maximum Gasteiger partial charge on any atom is 0.133 e. The van der Waals surface area contributed by atoms with Crippen LogP contribution in [-0.4, -0.2) is 11.9 Å². The third-order valence-corrected chi connectivity index (χ3v) is 3.95. The highest BCUT2D eigenvalue weighted by Gasteiger charge is 2.28. The summed E-state index contributed by atoms with van der Waals surface area (Å²) in [6.07, 6.45) is 1.60. The Hall–Kier alpha value is -1.39. The Morgan fingerprint density at radius 2 is 2.12 bits per heavy atom. The maximum absolute atomic E-state index is 6.14. The van der Waals surface area contributed by atoms with Gasteiger partial charge in [0.15, 0.2) is 0 Å². The Balaban J connectivity index is 1.80. The summed E-state index contributed by atoms with van der Waals surface area (Å²) in [4.78, 5) is 1.18. The van der Waals surface area contributed by atoms with Gasteiger partial charge in [0.1, 0.15) is 23.7 Å². The molecule has 88 valence electrons. The molecule has 0 fully saturated rings. The number of ether oxygens (including phenoxy) is 1. The molecule has 2 N–H and O–H groups in total. The molecule has 2 heterocycles. The molecule has 1 aromatic carbocycles. The zero-order valence-corrected chi connectivity index (χ0v) is 10.0. The van der Waals surface area contributed by atoms with Crippen molar-refractivity contribution in [3.05, 3.63) is 48.4 Å². The SMILES string of the molecule is NC(c1ccco1)C1CSc2ccccc2O1. The van der Waals surface area contributed by atoms with Crippen LogP contribution in [-0.2, 0) is 0 Å². The zero-order chi connectivity index (χ0) is 11.7. The lowest BCUT2D eigenvalue weighted by molar-refractivity contribution is 0.174. The molecule has 2 aromatic rings. The predicted octanol–water partition coefficient (Wildman–Crippen LogP) is 2.83. The minimum absolute atomic E-state index is 0.0407. The number of hydrogen-bond donors (Lipinski definition) is 1. The van der Waals surface area contributed by atoms with E-state index < -0.39 is 0 Å². The number of furan rings is 1. The third kappa shape index (κ3) is 2.06. The second-order valence-corrected chi connectivity index (χ2v) is 5.02. The number of para-hydroxylation sites is 1. The highest BCUT2D eigenvalue weighted by Crippen LogP contribution is 2.37. The van der Waals surface area contributed by atoms with Crippen LogP contribution in [0.15, 0.2) is 52.0 Å². The third-order valence-electron chi connectivity index (χ3n) is 2.80. The highest BCUT2D eigenvalue weighted by molar-refractivity contribution is 7.99. The number of nitrogens with two attached hydrogens (primary N) is 1. The Morgan fingerprint density at radius 1 is 1.24 bits per heavy atom. The van der Waals surface area contributed by atoms with Gasteiger partial charge in [0.25, 0.3) is 0 Å². The lowest BCUT2D eigenvalue weighted by Gasteiger charge is -2.28. The van der Waals surface area contributed by atoms with E-state index in [9.17, 15) is 0 Å². The van der Waals surface area contributed by atoms with Crippen LogP contribution >= 0.6 is 11.8 Å². The quantitative estimate of drug-likeness (QED) is 0.886. The summed E-state index contributed by atoms with van der Waals surface area (Å²) in [7, 11) is 0. The molecule has 1 aliphatic heterocycles. The lowest BCUT2D eigenvalue weighted by atomic mass is 10.1. The number of fused-ring (bicyclic) bond motifs is 1. The summed E-state index contributed by atoms with van der Waals surface area (Å²) in [5.74, 6) is 2.53. The predicted molar refractivity (Wildman–Crippen MR) is 67.2 cm³/mol. The molecule has 1 aromatic heterocycles. The first-order chi connectivity index (χ1) is 8.34. The van der Waals surface area contributed by atoms with Gasteiger partial charge >= 0.3 is 0 Å². The number of thioether (sulfide) groups is 1. The standard InChI is InChI=1S/C13H13NO2S/c14-13(10-5-3-7-15-10)11-8-17-12-6-2-1-4-9(12)16-11/h1-7,11,13H,8,14H2. The van der Waals surface area contributed by atoms with Gasteiger partial charge in [-0.15, -0.1) is 11.8 Å². The average molecular weight is 247 g/mol. The van der Waals surface area contributed by atoms with Gasteiger partial charge in [0.2, 0.25) is 0 Å². The van der Waals surface area contributed by atoms with Gasteiger partial charge in [-0.05, 0) is 24.3 Å². The first kappa shape index (κ1) is 10.7. The molecule has 2 unspecified atom stereocenters. The van der Waals surface area contributed by atoms with E-state index in [1.54, 1.807) is 18.0 Å². The fraction of sp³-hybridized carbons (Fsp3) is 0.231. The van der Waals surface area contributed by atoms with Crippen LogP contribution in [0.25, 0.3) is 0 Å². The van der Waals surface area contributed by atoms with Gasteiger partial charge < -0.3 is 14.9 Å². The van der Waals surface area contributed by atoms with E-state index in [1.165, 1.54) is 4.90 Å². The molecule has 0 bridgehead atoms. The second-order valence-electron chi connectivity index (χ2n) is 3.96. The first-order valence-electron chi connectivity index (χ1n) is 5.52. The molecule has 2 atom stereocenters. The maximum atomic E-state index is 6.14. The second kappa shape index (κ2) is 4.47. The Kier molecular flexibility index (Phi) is 2.82. The Bertz CT molecular complexity index is 498. The molecule has 0 saturated carbocycles. The van der Waals surface area contributed by atoms with Crippen LogP contribution in [0.5, 0.6) is 5.75 Å². The highest BCUT2D eigenvalue weighted by atomic mass is 32.2. The molecule has 3 rings (SSSR count). The number of rotatable bonds is 2. The van der Waals surface area contributed by atoms with E-state index in [0.717, 1.165) is 17.3 Å². The van der Waals surface area contributed by atoms with Gasteiger partial charge in [-0.25, -0.2) is 0 Å². The number of benzene rings is 1. The van der Waals surface area contributed by atoms with Crippen molar-refractivity contribution >= 4 is 11.8 Å². The monoisotopic (exact) mass is 247 g/mol. The molecular formula is C13H13NO2S. The van der Waals surface area contributed by atoms with Crippen molar-refractivity contribution < 1.29 is 9.15 Å². The van der Waals surface area contributed by atoms with Crippen molar-refractivity contribution in [3.63, 3.8) is 0 Å². The van der Waals surface area contributed by atoms with Crippen molar-refractivity contribution in [2.75, 3.05) is 5.75 Å². The van der Waals surface area contributed by atoms with Gasteiger partial charge in [0, 0.05) is 10.6 Å². The summed E-state index contributed by atoms with van der Waals surface area (Å²) in [5, 5.41) is 0. The van der Waals surface area contributed by atoms with E-state index in [-0.39, 0.29) is 12.1 Å². The van der Waals surface area contributed by atoms with Crippen molar-refractivity contribution in [1.29, 1.82) is 0 Å². The minimum atomic E-state index is -0.217. The van der Waals surface area contributed by atoms with E-state index in [4.69, 9.17) is 14.9 Å². The molecule has 0 saturated heterocycles. The van der Waals surface area contributed by atoms with Crippen LogP contribution in [0.4, 0.5) is 0 Å². The van der Waals surface area contributed by atoms with E-state index >= 15 is 0 Å². The number of hydrogen-bond acceptors (Lipinski definition) is 4. The molecule has 0 aliphatic carbocycles. The summed E-state index contributed by atoms with van der Waals surface area (Å²) in [6.45, 7) is 0. The van der Waals surface area contributed by atoms with Gasteiger partial charge in [-0.2, -0.15) is 0 Å². The molecular weight excluding hydrogens is 234 g/mol. The van der Waals surface area contributed by atoms with Gasteiger partial charge in [-0.3, -0.25) is 0 Å². The molecule has 3 nitrogen and oxygen atoms in total. The summed E-state index contributed by atoms with van der Waals surface area (Å²) in [5.41, 5.74) is 6.14. The van der Waals surface area contributed by atoms with Crippen molar-refractivity contribution in [2.24, 2.45) is 5.73 Å². The molecule has 0 spiro atoms.